The molecule has 3 heteroatoms. The van der Waals surface area contributed by atoms with Crippen LogP contribution in [0.1, 0.15) is 34.5 Å². The second-order valence-corrected chi connectivity index (χ2v) is 6.48. The SMILES string of the molecule is COc1ccc(Cn2c(-c3ccccc3)cc3c2C(=O)CCC3)cc1. The van der Waals surface area contributed by atoms with Gasteiger partial charge in [-0.1, -0.05) is 42.5 Å². The molecule has 4 rings (SSSR count). The quantitative estimate of drug-likeness (QED) is 0.692. The Morgan fingerprint density at radius 1 is 1.00 bits per heavy atom. The number of hydrogen-bond donors (Lipinski definition) is 0. The van der Waals surface area contributed by atoms with Crippen molar-refractivity contribution in [2.24, 2.45) is 0 Å². The lowest BCUT2D eigenvalue weighted by Gasteiger charge is -2.17. The third-order valence-electron chi connectivity index (χ3n) is 4.86. The third kappa shape index (κ3) is 2.98. The summed E-state index contributed by atoms with van der Waals surface area (Å²) < 4.78 is 7.43. The van der Waals surface area contributed by atoms with Crippen LogP contribution in [0.4, 0.5) is 0 Å². The van der Waals surface area contributed by atoms with Crippen molar-refractivity contribution in [2.45, 2.75) is 25.8 Å². The Morgan fingerprint density at radius 3 is 2.48 bits per heavy atom. The molecular weight excluding hydrogens is 310 g/mol. The summed E-state index contributed by atoms with van der Waals surface area (Å²) in [5.74, 6) is 1.11. The van der Waals surface area contributed by atoms with Gasteiger partial charge in [0.25, 0.3) is 0 Å². The molecule has 3 aromatic rings. The second-order valence-electron chi connectivity index (χ2n) is 6.48. The van der Waals surface area contributed by atoms with E-state index in [1.807, 2.05) is 30.3 Å². The van der Waals surface area contributed by atoms with E-state index in [9.17, 15) is 4.79 Å². The summed E-state index contributed by atoms with van der Waals surface area (Å²) in [7, 11) is 1.67. The Morgan fingerprint density at radius 2 is 1.76 bits per heavy atom. The van der Waals surface area contributed by atoms with Crippen molar-refractivity contribution in [2.75, 3.05) is 7.11 Å². The van der Waals surface area contributed by atoms with Gasteiger partial charge in [-0.15, -0.1) is 0 Å². The fraction of sp³-hybridized carbons (Fsp3) is 0.227. The normalized spacial score (nSPS) is 13.6. The first-order valence-corrected chi connectivity index (χ1v) is 8.70. The number of rotatable bonds is 4. The highest BCUT2D eigenvalue weighted by atomic mass is 16.5. The maximum atomic E-state index is 12.6. The number of fused-ring (bicyclic) bond motifs is 1. The number of Topliss-reactive ketones (excluding diaryl/α,β-unsaturated/α-hetero) is 1. The topological polar surface area (TPSA) is 31.2 Å². The number of carbonyl (C=O) groups is 1. The van der Waals surface area contributed by atoms with Crippen LogP contribution in [0.2, 0.25) is 0 Å². The summed E-state index contributed by atoms with van der Waals surface area (Å²) in [6.45, 7) is 0.690. The monoisotopic (exact) mass is 331 g/mol. The van der Waals surface area contributed by atoms with Crippen LogP contribution in [0.15, 0.2) is 60.7 Å². The van der Waals surface area contributed by atoms with Gasteiger partial charge in [-0.25, -0.2) is 0 Å². The molecule has 1 heterocycles. The summed E-state index contributed by atoms with van der Waals surface area (Å²) in [5, 5.41) is 0. The molecule has 1 aliphatic rings. The summed E-state index contributed by atoms with van der Waals surface area (Å²) in [4.78, 5) is 12.6. The molecule has 0 radical (unpaired) electrons. The van der Waals surface area contributed by atoms with Crippen molar-refractivity contribution in [3.05, 3.63) is 77.5 Å². The van der Waals surface area contributed by atoms with E-state index in [4.69, 9.17) is 4.74 Å². The smallest absolute Gasteiger partial charge is 0.179 e. The number of aromatic nitrogens is 1. The van der Waals surface area contributed by atoms with Gasteiger partial charge in [0, 0.05) is 18.7 Å². The average molecular weight is 331 g/mol. The molecule has 0 bridgehead atoms. The minimum atomic E-state index is 0.261. The first-order valence-electron chi connectivity index (χ1n) is 8.70. The average Bonchev–Trinajstić information content (AvgIpc) is 3.03. The molecular formula is C22H21NO2. The van der Waals surface area contributed by atoms with Gasteiger partial charge in [0.2, 0.25) is 0 Å². The molecule has 0 spiro atoms. The first-order chi connectivity index (χ1) is 12.3. The molecule has 126 valence electrons. The van der Waals surface area contributed by atoms with Crippen LogP contribution in [0.25, 0.3) is 11.3 Å². The second kappa shape index (κ2) is 6.60. The molecule has 0 saturated carbocycles. The maximum absolute atomic E-state index is 12.6. The van der Waals surface area contributed by atoms with Gasteiger partial charge < -0.3 is 9.30 Å². The molecule has 25 heavy (non-hydrogen) atoms. The highest BCUT2D eigenvalue weighted by Crippen LogP contribution is 2.32. The minimum Gasteiger partial charge on any atom is -0.497 e. The van der Waals surface area contributed by atoms with Crippen LogP contribution in [0.3, 0.4) is 0 Å². The fourth-order valence-corrected chi connectivity index (χ4v) is 3.61. The number of aryl methyl sites for hydroxylation is 1. The Kier molecular flexibility index (Phi) is 4.14. The zero-order valence-corrected chi connectivity index (χ0v) is 14.4. The Bertz CT molecular complexity index is 892. The van der Waals surface area contributed by atoms with Crippen LogP contribution in [-0.4, -0.2) is 17.5 Å². The molecule has 2 aromatic carbocycles. The Balaban J connectivity index is 1.81. The predicted octanol–water partition coefficient (Wildman–Crippen LogP) is 4.73. The number of ether oxygens (including phenoxy) is 1. The summed E-state index contributed by atoms with van der Waals surface area (Å²) >= 11 is 0. The maximum Gasteiger partial charge on any atom is 0.179 e. The number of ketones is 1. The number of hydrogen-bond acceptors (Lipinski definition) is 2. The van der Waals surface area contributed by atoms with Crippen molar-refractivity contribution < 1.29 is 9.53 Å². The van der Waals surface area contributed by atoms with Crippen molar-refractivity contribution >= 4 is 5.78 Å². The van der Waals surface area contributed by atoms with Crippen LogP contribution in [-0.2, 0) is 13.0 Å². The van der Waals surface area contributed by atoms with Crippen LogP contribution in [0, 0.1) is 0 Å². The van der Waals surface area contributed by atoms with E-state index < -0.39 is 0 Å². The number of nitrogens with zero attached hydrogens (tertiary/aromatic N) is 1. The van der Waals surface area contributed by atoms with Crippen molar-refractivity contribution in [1.82, 2.24) is 4.57 Å². The predicted molar refractivity (Wildman–Crippen MR) is 99.2 cm³/mol. The van der Waals surface area contributed by atoms with E-state index in [0.29, 0.717) is 13.0 Å². The van der Waals surface area contributed by atoms with Crippen LogP contribution < -0.4 is 4.74 Å². The molecule has 0 unspecified atom stereocenters. The summed E-state index contributed by atoms with van der Waals surface area (Å²) in [6, 6.07) is 20.6. The van der Waals surface area contributed by atoms with E-state index in [2.05, 4.69) is 34.9 Å². The van der Waals surface area contributed by atoms with E-state index in [1.54, 1.807) is 7.11 Å². The molecule has 0 N–H and O–H groups in total. The lowest BCUT2D eigenvalue weighted by molar-refractivity contribution is 0.0963. The lowest BCUT2D eigenvalue weighted by Crippen LogP contribution is -2.16. The summed E-state index contributed by atoms with van der Waals surface area (Å²) in [5.41, 5.74) is 5.51. The molecule has 0 saturated heterocycles. The Labute approximate surface area is 147 Å². The van der Waals surface area contributed by atoms with Gasteiger partial charge in [-0.2, -0.15) is 0 Å². The largest absolute Gasteiger partial charge is 0.497 e. The third-order valence-corrected chi connectivity index (χ3v) is 4.86. The standard InChI is InChI=1S/C22H21NO2/c1-25-19-12-10-16(11-13-19)15-23-20(17-6-3-2-4-7-17)14-18-8-5-9-21(24)22(18)23/h2-4,6-7,10-14H,5,8-9,15H2,1H3. The molecule has 0 fully saturated rings. The molecule has 1 aromatic heterocycles. The van der Waals surface area contributed by atoms with Crippen molar-refractivity contribution in [1.29, 1.82) is 0 Å². The molecule has 0 atom stereocenters. The lowest BCUT2D eigenvalue weighted by atomic mass is 9.96. The highest BCUT2D eigenvalue weighted by Gasteiger charge is 2.25. The van der Waals surface area contributed by atoms with Crippen LogP contribution >= 0.6 is 0 Å². The summed E-state index contributed by atoms with van der Waals surface area (Å²) in [6.07, 6.45) is 2.58. The van der Waals surface area contributed by atoms with Gasteiger partial charge in [-0.05, 0) is 47.7 Å². The van der Waals surface area contributed by atoms with Crippen LogP contribution in [0.5, 0.6) is 5.75 Å². The first kappa shape index (κ1) is 15.7. The van der Waals surface area contributed by atoms with Gasteiger partial charge in [0.05, 0.1) is 12.8 Å². The number of methoxy groups -OCH3 is 1. The van der Waals surface area contributed by atoms with E-state index in [-0.39, 0.29) is 5.78 Å². The molecule has 1 aliphatic carbocycles. The fourth-order valence-electron chi connectivity index (χ4n) is 3.61. The van der Waals surface area contributed by atoms with Gasteiger partial charge in [0.15, 0.2) is 5.78 Å². The van der Waals surface area contributed by atoms with Gasteiger partial charge in [0.1, 0.15) is 5.75 Å². The zero-order valence-electron chi connectivity index (χ0n) is 14.4. The molecule has 0 aliphatic heterocycles. The van der Waals surface area contributed by atoms with E-state index >= 15 is 0 Å². The zero-order chi connectivity index (χ0) is 17.2. The van der Waals surface area contributed by atoms with Crippen molar-refractivity contribution in [3.63, 3.8) is 0 Å². The molecule has 3 nitrogen and oxygen atoms in total. The highest BCUT2D eigenvalue weighted by molar-refractivity contribution is 5.98. The van der Waals surface area contributed by atoms with E-state index in [1.165, 1.54) is 5.56 Å². The number of carbonyl (C=O) groups excluding carboxylic acids is 1. The molecule has 0 amide bonds. The van der Waals surface area contributed by atoms with Crippen molar-refractivity contribution in [3.8, 4) is 17.0 Å². The van der Waals surface area contributed by atoms with E-state index in [0.717, 1.165) is 41.1 Å². The van der Waals surface area contributed by atoms with Gasteiger partial charge in [-0.3, -0.25) is 4.79 Å². The minimum absolute atomic E-state index is 0.261. The number of benzene rings is 2. The van der Waals surface area contributed by atoms with Gasteiger partial charge >= 0.3 is 0 Å². The Hall–Kier alpha value is -2.81.